The van der Waals surface area contributed by atoms with E-state index in [0.717, 1.165) is 25.9 Å². The zero-order valence-corrected chi connectivity index (χ0v) is 14.2. The molecule has 0 saturated heterocycles. The smallest absolute Gasteiger partial charge is 0.241 e. The lowest BCUT2D eigenvalue weighted by Crippen LogP contribution is -2.42. The van der Waals surface area contributed by atoms with Crippen molar-refractivity contribution in [3.05, 3.63) is 28.3 Å². The third-order valence-corrected chi connectivity index (χ3v) is 5.46. The Bertz CT molecular complexity index is 543. The Morgan fingerprint density at radius 2 is 1.64 bits per heavy atom. The zero-order chi connectivity index (χ0) is 15.7. The van der Waals surface area contributed by atoms with Crippen molar-refractivity contribution in [3.63, 3.8) is 0 Å². The molecule has 0 heterocycles. The first-order chi connectivity index (χ1) is 10.7. The lowest BCUT2D eigenvalue weighted by atomic mass is 9.98. The predicted molar refractivity (Wildman–Crippen MR) is 91.5 cm³/mol. The topological polar surface area (TPSA) is 32.3 Å². The molecule has 1 aromatic carbocycles. The minimum absolute atomic E-state index is 0.0655. The van der Waals surface area contributed by atoms with Crippen LogP contribution in [0.25, 0.3) is 0 Å². The highest BCUT2D eigenvalue weighted by atomic mass is 16.2. The van der Waals surface area contributed by atoms with Crippen LogP contribution in [0.4, 0.5) is 5.69 Å². The highest BCUT2D eigenvalue weighted by Crippen LogP contribution is 2.38. The molecule has 0 radical (unpaired) electrons. The van der Waals surface area contributed by atoms with Gasteiger partial charge in [0.2, 0.25) is 5.91 Å². The zero-order valence-electron chi connectivity index (χ0n) is 14.2. The Kier molecular flexibility index (Phi) is 4.53. The predicted octanol–water partition coefficient (Wildman–Crippen LogP) is 3.33. The van der Waals surface area contributed by atoms with Gasteiger partial charge in [-0.2, -0.15) is 0 Å². The van der Waals surface area contributed by atoms with Gasteiger partial charge in [0.25, 0.3) is 0 Å². The molecule has 1 atom stereocenters. The number of fused-ring (bicyclic) bond motifs is 2. The lowest BCUT2D eigenvalue weighted by molar-refractivity contribution is -0.120. The number of anilines is 1. The van der Waals surface area contributed by atoms with Gasteiger partial charge in [0.15, 0.2) is 0 Å². The monoisotopic (exact) mass is 300 g/mol. The molecular formula is C19H28N2O. The Hall–Kier alpha value is -1.35. The van der Waals surface area contributed by atoms with Crippen LogP contribution in [0.15, 0.2) is 6.07 Å². The summed E-state index contributed by atoms with van der Waals surface area (Å²) in [6.07, 6.45) is 7.06. The maximum Gasteiger partial charge on any atom is 0.241 e. The van der Waals surface area contributed by atoms with Gasteiger partial charge in [0.1, 0.15) is 0 Å². The molecule has 1 aromatic rings. The molecule has 0 aliphatic heterocycles. The van der Waals surface area contributed by atoms with E-state index in [0.29, 0.717) is 0 Å². The van der Waals surface area contributed by atoms with E-state index in [4.69, 9.17) is 0 Å². The minimum atomic E-state index is -0.0655. The Morgan fingerprint density at radius 1 is 1.09 bits per heavy atom. The molecule has 1 amide bonds. The molecule has 0 spiro atoms. The van der Waals surface area contributed by atoms with Crippen molar-refractivity contribution < 1.29 is 4.79 Å². The number of aryl methyl sites for hydroxylation is 2. The summed E-state index contributed by atoms with van der Waals surface area (Å²) in [6, 6.07) is 2.35. The number of amides is 1. The van der Waals surface area contributed by atoms with Gasteiger partial charge in [-0.3, -0.25) is 9.69 Å². The third-order valence-electron chi connectivity index (χ3n) is 5.46. The first kappa shape index (κ1) is 15.5. The molecule has 2 aliphatic carbocycles. The fourth-order valence-electron chi connectivity index (χ4n) is 4.13. The van der Waals surface area contributed by atoms with Gasteiger partial charge in [-0.25, -0.2) is 0 Å². The van der Waals surface area contributed by atoms with E-state index in [1.807, 2.05) is 6.92 Å². The van der Waals surface area contributed by atoms with Crippen LogP contribution in [0, 0.1) is 0 Å². The molecule has 1 N–H and O–H groups in total. The molecule has 22 heavy (non-hydrogen) atoms. The molecule has 0 saturated carbocycles. The maximum absolute atomic E-state index is 12.7. The quantitative estimate of drug-likeness (QED) is 0.904. The van der Waals surface area contributed by atoms with Crippen LogP contribution in [0.5, 0.6) is 0 Å². The van der Waals surface area contributed by atoms with Gasteiger partial charge in [0.05, 0.1) is 6.04 Å². The van der Waals surface area contributed by atoms with Crippen LogP contribution >= 0.6 is 0 Å². The SMILES string of the molecule is CCN(CC)[C@@H](C)C(=O)Nc1c2c(cc3c1CCC3)CCC2. The van der Waals surface area contributed by atoms with Crippen LogP contribution in [0.3, 0.4) is 0 Å². The molecular weight excluding hydrogens is 272 g/mol. The second-order valence-electron chi connectivity index (χ2n) is 6.62. The van der Waals surface area contributed by atoms with Crippen LogP contribution in [0.2, 0.25) is 0 Å². The molecule has 0 bridgehead atoms. The van der Waals surface area contributed by atoms with E-state index in [2.05, 4.69) is 30.1 Å². The number of rotatable bonds is 5. The van der Waals surface area contributed by atoms with E-state index in [1.54, 1.807) is 0 Å². The van der Waals surface area contributed by atoms with Crippen LogP contribution in [0.1, 0.15) is 55.9 Å². The Labute approximate surface area is 134 Å². The van der Waals surface area contributed by atoms with Crippen molar-refractivity contribution in [1.82, 2.24) is 4.90 Å². The second kappa shape index (κ2) is 6.41. The van der Waals surface area contributed by atoms with E-state index < -0.39 is 0 Å². The Morgan fingerprint density at radius 3 is 2.14 bits per heavy atom. The largest absolute Gasteiger partial charge is 0.324 e. The summed E-state index contributed by atoms with van der Waals surface area (Å²) >= 11 is 0. The molecule has 0 unspecified atom stereocenters. The van der Waals surface area contributed by atoms with Gasteiger partial charge in [0, 0.05) is 5.69 Å². The standard InChI is InChI=1S/C19H28N2O/c1-4-21(5-2)13(3)19(22)20-18-16-10-6-8-14(16)12-15-9-7-11-17(15)18/h12-13H,4-11H2,1-3H3,(H,20,22)/t13-/m0/s1. The first-order valence-electron chi connectivity index (χ1n) is 8.87. The van der Waals surface area contributed by atoms with E-state index in [-0.39, 0.29) is 11.9 Å². The summed E-state index contributed by atoms with van der Waals surface area (Å²) in [5.41, 5.74) is 6.96. The van der Waals surface area contributed by atoms with Gasteiger partial charge >= 0.3 is 0 Å². The number of carbonyl (C=O) groups excluding carboxylic acids is 1. The summed E-state index contributed by atoms with van der Waals surface area (Å²) in [5, 5.41) is 3.31. The highest BCUT2D eigenvalue weighted by Gasteiger charge is 2.27. The van der Waals surface area contributed by atoms with Crippen LogP contribution < -0.4 is 5.32 Å². The Balaban J connectivity index is 1.88. The molecule has 120 valence electrons. The summed E-state index contributed by atoms with van der Waals surface area (Å²) in [5.74, 6) is 0.151. The number of nitrogens with zero attached hydrogens (tertiary/aromatic N) is 1. The van der Waals surface area contributed by atoms with Crippen molar-refractivity contribution >= 4 is 11.6 Å². The normalized spacial score (nSPS) is 17.5. The van der Waals surface area contributed by atoms with E-state index in [1.165, 1.54) is 53.6 Å². The first-order valence-corrected chi connectivity index (χ1v) is 8.87. The molecule has 3 heteroatoms. The highest BCUT2D eigenvalue weighted by molar-refractivity contribution is 5.96. The molecule has 3 rings (SSSR count). The average Bonchev–Trinajstić information content (AvgIpc) is 3.16. The van der Waals surface area contributed by atoms with E-state index >= 15 is 0 Å². The number of carbonyl (C=O) groups is 1. The number of likely N-dealkylation sites (N-methyl/N-ethyl adjacent to an activating group) is 1. The number of hydrogen-bond donors (Lipinski definition) is 1. The van der Waals surface area contributed by atoms with Crippen molar-refractivity contribution in [3.8, 4) is 0 Å². The molecule has 0 fully saturated rings. The lowest BCUT2D eigenvalue weighted by Gasteiger charge is -2.26. The summed E-state index contributed by atoms with van der Waals surface area (Å²) < 4.78 is 0. The summed E-state index contributed by atoms with van der Waals surface area (Å²) in [6.45, 7) is 8.08. The number of nitrogens with one attached hydrogen (secondary N) is 1. The number of benzene rings is 1. The van der Waals surface area contributed by atoms with Crippen LogP contribution in [-0.4, -0.2) is 29.9 Å². The summed E-state index contributed by atoms with van der Waals surface area (Å²) in [4.78, 5) is 14.9. The second-order valence-corrected chi connectivity index (χ2v) is 6.62. The van der Waals surface area contributed by atoms with E-state index in [9.17, 15) is 4.79 Å². The van der Waals surface area contributed by atoms with Gasteiger partial charge in [-0.1, -0.05) is 19.9 Å². The molecule has 3 nitrogen and oxygen atoms in total. The van der Waals surface area contributed by atoms with Crippen molar-refractivity contribution in [2.24, 2.45) is 0 Å². The van der Waals surface area contributed by atoms with Crippen LogP contribution in [-0.2, 0) is 30.5 Å². The van der Waals surface area contributed by atoms with Gasteiger partial charge in [-0.05, 0) is 80.8 Å². The van der Waals surface area contributed by atoms with Gasteiger partial charge < -0.3 is 5.32 Å². The fraction of sp³-hybridized carbons (Fsp3) is 0.632. The van der Waals surface area contributed by atoms with Gasteiger partial charge in [-0.15, -0.1) is 0 Å². The van der Waals surface area contributed by atoms with Crippen molar-refractivity contribution in [2.75, 3.05) is 18.4 Å². The molecule has 2 aliphatic rings. The van der Waals surface area contributed by atoms with Crippen molar-refractivity contribution in [1.29, 1.82) is 0 Å². The fourth-order valence-corrected chi connectivity index (χ4v) is 4.13. The minimum Gasteiger partial charge on any atom is -0.324 e. The average molecular weight is 300 g/mol. The number of hydrogen-bond acceptors (Lipinski definition) is 2. The molecule has 0 aromatic heterocycles. The summed E-state index contributed by atoms with van der Waals surface area (Å²) in [7, 11) is 0. The third kappa shape index (κ3) is 2.67. The maximum atomic E-state index is 12.7. The van der Waals surface area contributed by atoms with Crippen molar-refractivity contribution in [2.45, 2.75) is 65.3 Å².